The number of halogens is 4. The van der Waals surface area contributed by atoms with E-state index in [1.807, 2.05) is 0 Å². The third kappa shape index (κ3) is 4.77. The van der Waals surface area contributed by atoms with E-state index in [0.717, 1.165) is 5.56 Å². The summed E-state index contributed by atoms with van der Waals surface area (Å²) in [5.41, 5.74) is 8.53. The lowest BCUT2D eigenvalue weighted by Gasteiger charge is -2.12. The lowest BCUT2D eigenvalue weighted by atomic mass is 10.1. The van der Waals surface area contributed by atoms with E-state index in [0.29, 0.717) is 26.8 Å². The number of nitrogens with one attached hydrogen (secondary N) is 1. The number of carbonyl (C=O) groups is 1. The van der Waals surface area contributed by atoms with Crippen LogP contribution in [0.3, 0.4) is 0 Å². The summed E-state index contributed by atoms with van der Waals surface area (Å²) < 4.78 is 51.1. The van der Waals surface area contributed by atoms with E-state index < -0.39 is 18.2 Å². The molecular weight excluding hydrogens is 553 g/mol. The van der Waals surface area contributed by atoms with Crippen molar-refractivity contribution in [1.82, 2.24) is 14.8 Å². The average molecular weight is 571 g/mol. The summed E-state index contributed by atoms with van der Waals surface area (Å²) >= 11 is 3.19. The number of rotatable bonds is 7. The maximum absolute atomic E-state index is 13.9. The summed E-state index contributed by atoms with van der Waals surface area (Å²) in [6.45, 7) is -1.18. The summed E-state index contributed by atoms with van der Waals surface area (Å²) in [6.07, 6.45) is 1.35. The number of ketones is 1. The van der Waals surface area contributed by atoms with E-state index in [1.54, 1.807) is 43.3 Å². The van der Waals surface area contributed by atoms with Gasteiger partial charge >= 0.3 is 6.61 Å². The van der Waals surface area contributed by atoms with Gasteiger partial charge in [-0.2, -0.15) is 13.9 Å². The number of carbonyl (C=O) groups excluding carboxylic acids is 1. The van der Waals surface area contributed by atoms with Crippen LogP contribution in [0.4, 0.5) is 19.0 Å². The van der Waals surface area contributed by atoms with Crippen LogP contribution in [0.2, 0.25) is 0 Å². The Morgan fingerprint density at radius 2 is 1.89 bits per heavy atom. The summed E-state index contributed by atoms with van der Waals surface area (Å²) in [4.78, 5) is 16.2. The number of aromatic nitrogens is 3. The monoisotopic (exact) mass is 570 g/mol. The van der Waals surface area contributed by atoms with Crippen molar-refractivity contribution < 1.29 is 27.4 Å². The summed E-state index contributed by atoms with van der Waals surface area (Å²) in [5, 5.41) is 4.79. The molecule has 5 rings (SSSR count). The highest BCUT2D eigenvalue weighted by molar-refractivity contribution is 9.10. The third-order valence-corrected chi connectivity index (χ3v) is 6.27. The van der Waals surface area contributed by atoms with Crippen LogP contribution in [0.25, 0.3) is 16.6 Å². The topological polar surface area (TPSA) is 95.2 Å². The zero-order valence-electron chi connectivity index (χ0n) is 19.1. The van der Waals surface area contributed by atoms with Gasteiger partial charge in [0.15, 0.2) is 11.6 Å². The minimum absolute atomic E-state index is 0.0502. The molecule has 0 saturated carbocycles. The van der Waals surface area contributed by atoms with Crippen molar-refractivity contribution in [3.8, 4) is 22.9 Å². The number of aryl methyl sites for hydroxylation is 1. The molecule has 0 atom stereocenters. The third-order valence-electron chi connectivity index (χ3n) is 5.65. The fourth-order valence-electron chi connectivity index (χ4n) is 3.90. The molecular formula is C26H18BrF3N4O3. The highest BCUT2D eigenvalue weighted by atomic mass is 79.9. The van der Waals surface area contributed by atoms with Crippen molar-refractivity contribution in [1.29, 1.82) is 0 Å². The maximum atomic E-state index is 13.9. The molecule has 37 heavy (non-hydrogen) atoms. The molecule has 0 saturated heterocycles. The zero-order chi connectivity index (χ0) is 26.3. The Morgan fingerprint density at radius 1 is 1.11 bits per heavy atom. The molecule has 0 bridgehead atoms. The number of anilines is 1. The van der Waals surface area contributed by atoms with Crippen molar-refractivity contribution in [2.75, 3.05) is 5.73 Å². The number of alkyl halides is 2. The molecule has 0 aliphatic carbocycles. The van der Waals surface area contributed by atoms with Crippen molar-refractivity contribution in [2.24, 2.45) is 0 Å². The lowest BCUT2D eigenvalue weighted by molar-refractivity contribution is -0.0502. The maximum Gasteiger partial charge on any atom is 0.387 e. The van der Waals surface area contributed by atoms with Gasteiger partial charge in [0.2, 0.25) is 5.78 Å². The normalized spacial score (nSPS) is 11.3. The number of nitrogen functional groups attached to an aromatic ring is 1. The van der Waals surface area contributed by atoms with Crippen LogP contribution >= 0.6 is 15.9 Å². The van der Waals surface area contributed by atoms with E-state index in [9.17, 15) is 18.0 Å². The molecule has 0 spiro atoms. The Morgan fingerprint density at radius 3 is 2.62 bits per heavy atom. The number of benzene rings is 3. The summed E-state index contributed by atoms with van der Waals surface area (Å²) in [6, 6.07) is 15.6. The van der Waals surface area contributed by atoms with Gasteiger partial charge in [-0.25, -0.2) is 9.07 Å². The molecule has 188 valence electrons. The molecule has 0 unspecified atom stereocenters. The Labute approximate surface area is 216 Å². The molecule has 0 radical (unpaired) electrons. The highest BCUT2D eigenvalue weighted by Crippen LogP contribution is 2.33. The standard InChI is InChI=1S/C26H18BrF3N4O3/c1-13-8-15(36-22-5-3-2-4-18(22)28)6-7-21(13)34-25(31)16(12-32-34)24(35)20-9-14-10-23(37-26(29)30)17(27)11-19(14)33-20/h2-12,26,33H,31H2,1H3. The van der Waals surface area contributed by atoms with Gasteiger partial charge < -0.3 is 20.2 Å². The smallest absolute Gasteiger partial charge is 0.387 e. The zero-order valence-corrected chi connectivity index (χ0v) is 20.7. The Hall–Kier alpha value is -4.25. The number of aromatic amines is 1. The first-order valence-electron chi connectivity index (χ1n) is 10.9. The van der Waals surface area contributed by atoms with Crippen LogP contribution < -0.4 is 15.2 Å². The van der Waals surface area contributed by atoms with Gasteiger partial charge in [0.05, 0.1) is 27.6 Å². The first-order chi connectivity index (χ1) is 17.7. The van der Waals surface area contributed by atoms with Gasteiger partial charge in [-0.15, -0.1) is 0 Å². The highest BCUT2D eigenvalue weighted by Gasteiger charge is 2.21. The second kappa shape index (κ2) is 9.66. The minimum Gasteiger partial charge on any atom is -0.454 e. The number of hydrogen-bond acceptors (Lipinski definition) is 5. The fraction of sp³-hybridized carbons (Fsp3) is 0.0769. The first-order valence-corrected chi connectivity index (χ1v) is 11.7. The van der Waals surface area contributed by atoms with E-state index in [-0.39, 0.29) is 28.6 Å². The quantitative estimate of drug-likeness (QED) is 0.210. The first kappa shape index (κ1) is 24.4. The van der Waals surface area contributed by atoms with E-state index >= 15 is 0 Å². The van der Waals surface area contributed by atoms with Crippen LogP contribution in [0.15, 0.2) is 71.3 Å². The van der Waals surface area contributed by atoms with Crippen LogP contribution in [0, 0.1) is 12.7 Å². The van der Waals surface area contributed by atoms with Crippen LogP contribution in [-0.2, 0) is 0 Å². The van der Waals surface area contributed by atoms with Crippen molar-refractivity contribution in [3.63, 3.8) is 0 Å². The number of fused-ring (bicyclic) bond motifs is 1. The van der Waals surface area contributed by atoms with Gasteiger partial charge in [-0.3, -0.25) is 4.79 Å². The predicted molar refractivity (Wildman–Crippen MR) is 135 cm³/mol. The van der Waals surface area contributed by atoms with Gasteiger partial charge in [-0.1, -0.05) is 12.1 Å². The fourth-order valence-corrected chi connectivity index (χ4v) is 4.33. The van der Waals surface area contributed by atoms with Crippen LogP contribution in [-0.4, -0.2) is 27.2 Å². The van der Waals surface area contributed by atoms with Crippen LogP contribution in [0.5, 0.6) is 17.2 Å². The molecule has 2 heterocycles. The number of H-pyrrole nitrogens is 1. The Bertz CT molecular complexity index is 1650. The molecule has 0 aliphatic rings. The number of para-hydroxylation sites is 1. The number of nitrogens with zero attached hydrogens (tertiary/aromatic N) is 2. The predicted octanol–water partition coefficient (Wildman–Crippen LogP) is 6.77. The number of nitrogens with two attached hydrogens (primary N) is 1. The van der Waals surface area contributed by atoms with Gasteiger partial charge in [0.25, 0.3) is 0 Å². The molecule has 0 fully saturated rings. The Balaban J connectivity index is 1.42. The molecule has 0 aliphatic heterocycles. The van der Waals surface area contributed by atoms with Crippen LogP contribution in [0.1, 0.15) is 21.6 Å². The van der Waals surface area contributed by atoms with Crippen molar-refractivity contribution in [3.05, 3.63) is 94.0 Å². The van der Waals surface area contributed by atoms with E-state index in [4.69, 9.17) is 10.5 Å². The minimum atomic E-state index is -2.98. The Kier molecular flexibility index (Phi) is 6.38. The largest absolute Gasteiger partial charge is 0.454 e. The number of ether oxygens (including phenoxy) is 2. The average Bonchev–Trinajstić information content (AvgIpc) is 3.43. The van der Waals surface area contributed by atoms with E-state index in [1.165, 1.54) is 35.1 Å². The van der Waals surface area contributed by atoms with Gasteiger partial charge in [0, 0.05) is 10.9 Å². The second-order valence-corrected chi connectivity index (χ2v) is 8.95. The SMILES string of the molecule is Cc1cc(Oc2ccccc2F)ccc1-n1ncc(C(=O)c2cc3cc(OC(F)F)c(Br)cc3[nH]2)c1N. The second-order valence-electron chi connectivity index (χ2n) is 8.10. The van der Waals surface area contributed by atoms with Crippen molar-refractivity contribution >= 4 is 38.4 Å². The molecule has 2 aromatic heterocycles. The van der Waals surface area contributed by atoms with Gasteiger partial charge in [0.1, 0.15) is 17.3 Å². The molecule has 3 N–H and O–H groups in total. The molecule has 11 heteroatoms. The van der Waals surface area contributed by atoms with Crippen molar-refractivity contribution in [2.45, 2.75) is 13.5 Å². The summed E-state index contributed by atoms with van der Waals surface area (Å²) in [5.74, 6) is -0.328. The lowest BCUT2D eigenvalue weighted by Crippen LogP contribution is -2.08. The van der Waals surface area contributed by atoms with Gasteiger partial charge in [-0.05, 0) is 76.9 Å². The molecule has 7 nitrogen and oxygen atoms in total. The number of hydrogen-bond donors (Lipinski definition) is 2. The summed E-state index contributed by atoms with van der Waals surface area (Å²) in [7, 11) is 0. The molecule has 3 aromatic carbocycles. The molecule has 0 amide bonds. The van der Waals surface area contributed by atoms with E-state index in [2.05, 4.69) is 30.7 Å². The molecule has 5 aromatic rings.